The molecule has 560 valence electrons. The number of carbonyl (C=O) groups excluding carboxylic acids is 1. The monoisotopic (exact) mass is 1350 g/mol. The highest BCUT2D eigenvalue weighted by molar-refractivity contribution is 5.76. The van der Waals surface area contributed by atoms with Gasteiger partial charge >= 0.3 is 0 Å². The van der Waals surface area contributed by atoms with Crippen LogP contribution in [0.15, 0.2) is 36.5 Å². The lowest BCUT2D eigenvalue weighted by Crippen LogP contribution is -2.65. The van der Waals surface area contributed by atoms with Gasteiger partial charge in [-0.1, -0.05) is 365 Å². The van der Waals surface area contributed by atoms with Crippen molar-refractivity contribution in [3.63, 3.8) is 0 Å². The zero-order valence-corrected chi connectivity index (χ0v) is 61.4. The Hall–Kier alpha value is -1.79. The maximum absolute atomic E-state index is 13.4. The summed E-state index contributed by atoms with van der Waals surface area (Å²) in [5, 5.41) is 87.6. The van der Waals surface area contributed by atoms with E-state index in [0.29, 0.717) is 12.8 Å². The summed E-state index contributed by atoms with van der Waals surface area (Å²) in [5.74, 6) is -0.245. The van der Waals surface area contributed by atoms with E-state index in [9.17, 15) is 45.6 Å². The van der Waals surface area contributed by atoms with Crippen molar-refractivity contribution in [2.75, 3.05) is 19.8 Å². The summed E-state index contributed by atoms with van der Waals surface area (Å²) in [7, 11) is 0. The highest BCUT2D eigenvalue weighted by Crippen LogP contribution is 2.30. The van der Waals surface area contributed by atoms with Crippen molar-refractivity contribution in [3.8, 4) is 0 Å². The van der Waals surface area contributed by atoms with Crippen molar-refractivity contribution in [1.29, 1.82) is 0 Å². The Labute approximate surface area is 582 Å². The number of hydrogen-bond donors (Lipinski definition) is 9. The molecule has 2 heterocycles. The molecular formula is C81H153NO13. The molecule has 0 spiro atoms. The van der Waals surface area contributed by atoms with Crippen LogP contribution >= 0.6 is 0 Å². The van der Waals surface area contributed by atoms with Crippen LogP contribution in [0.5, 0.6) is 0 Å². The summed E-state index contributed by atoms with van der Waals surface area (Å²) in [6, 6.07) is -0.938. The van der Waals surface area contributed by atoms with Crippen molar-refractivity contribution < 1.29 is 64.6 Å². The van der Waals surface area contributed by atoms with Crippen LogP contribution in [0.4, 0.5) is 0 Å². The number of carbonyl (C=O) groups is 1. The van der Waals surface area contributed by atoms with Crippen LogP contribution in [0.1, 0.15) is 380 Å². The van der Waals surface area contributed by atoms with Crippen LogP contribution in [0, 0.1) is 0 Å². The molecule has 12 atom stereocenters. The highest BCUT2D eigenvalue weighted by atomic mass is 16.7. The number of nitrogens with one attached hydrogen (secondary N) is 1. The molecule has 14 heteroatoms. The molecule has 12 unspecified atom stereocenters. The first kappa shape index (κ1) is 89.3. The maximum atomic E-state index is 13.4. The van der Waals surface area contributed by atoms with Gasteiger partial charge in [-0.15, -0.1) is 0 Å². The van der Waals surface area contributed by atoms with Gasteiger partial charge in [0.1, 0.15) is 48.8 Å². The number of rotatable bonds is 69. The minimum absolute atomic E-state index is 0.245. The Bertz CT molecular complexity index is 1730. The fraction of sp³-hybridized carbons (Fsp3) is 0.914. The summed E-state index contributed by atoms with van der Waals surface area (Å²) < 4.78 is 22.9. The van der Waals surface area contributed by atoms with Gasteiger partial charge in [0.25, 0.3) is 0 Å². The Balaban J connectivity index is 1.62. The molecule has 0 aliphatic carbocycles. The highest BCUT2D eigenvalue weighted by Gasteiger charge is 2.51. The summed E-state index contributed by atoms with van der Waals surface area (Å²) in [4.78, 5) is 13.4. The second-order valence-corrected chi connectivity index (χ2v) is 28.9. The lowest BCUT2D eigenvalue weighted by molar-refractivity contribution is -0.359. The number of ether oxygens (including phenoxy) is 4. The number of aliphatic hydroxyl groups excluding tert-OH is 8. The van der Waals surface area contributed by atoms with Crippen LogP contribution in [0.3, 0.4) is 0 Å². The number of hydrogen-bond acceptors (Lipinski definition) is 13. The first-order valence-electron chi connectivity index (χ1n) is 40.7. The molecule has 0 bridgehead atoms. The van der Waals surface area contributed by atoms with E-state index in [4.69, 9.17) is 18.9 Å². The SMILES string of the molecule is CCCCCCCCCCCCCCCCCCC/C=C/CC/C=C/CC/C=C/C(O)C(COC1OC(CO)C(OC2OC(CO)C(O)C(O)C2O)C(O)C1O)NC(=O)CCCCCCCCCCCCCCCCCCCCCCCCCCCCCCCCCCCC. The molecule has 1 amide bonds. The Morgan fingerprint density at radius 1 is 0.368 bits per heavy atom. The van der Waals surface area contributed by atoms with E-state index in [1.165, 1.54) is 302 Å². The Morgan fingerprint density at radius 3 is 1.03 bits per heavy atom. The predicted octanol–water partition coefficient (Wildman–Crippen LogP) is 18.4. The largest absolute Gasteiger partial charge is 0.394 e. The standard InChI is InChI=1S/C81H153NO13/c1-3-5-7-9-11-13-15-17-19-21-23-25-27-29-31-32-33-34-35-36-37-39-41-43-45-47-49-51-53-55-57-59-61-63-65-73(86)82-69(68-92-80-78(91)76(89)79(72(67-84)94-80)95-81-77(90)75(88)74(87)71(66-83)93-81)70(85)64-62-60-58-56-54-52-50-48-46-44-42-40-38-30-28-26-24-22-20-18-16-14-12-10-8-6-4-2/h46,48,54,56,62,64,69-72,74-81,83-85,87-91H,3-45,47,49-53,55,57-61,63,65-68H2,1-2H3,(H,82,86)/b48-46+,56-54+,64-62+. The molecule has 2 saturated heterocycles. The average molecular weight is 1350 g/mol. The average Bonchev–Trinajstić information content (AvgIpc) is 0.801. The van der Waals surface area contributed by atoms with Gasteiger partial charge in [0, 0.05) is 6.42 Å². The van der Waals surface area contributed by atoms with Gasteiger partial charge in [-0.05, 0) is 44.9 Å². The zero-order chi connectivity index (χ0) is 68.7. The minimum Gasteiger partial charge on any atom is -0.394 e. The zero-order valence-electron chi connectivity index (χ0n) is 61.4. The number of aliphatic hydroxyl groups is 8. The molecule has 14 nitrogen and oxygen atoms in total. The van der Waals surface area contributed by atoms with Gasteiger partial charge in [-0.25, -0.2) is 0 Å². The van der Waals surface area contributed by atoms with E-state index in [2.05, 4.69) is 43.5 Å². The van der Waals surface area contributed by atoms with Crippen LogP contribution in [-0.4, -0.2) is 140 Å². The van der Waals surface area contributed by atoms with Gasteiger partial charge < -0.3 is 65.1 Å². The first-order chi connectivity index (χ1) is 46.6. The van der Waals surface area contributed by atoms with Gasteiger partial charge in [-0.3, -0.25) is 4.79 Å². The minimum atomic E-state index is -1.79. The molecule has 9 N–H and O–H groups in total. The fourth-order valence-corrected chi connectivity index (χ4v) is 13.6. The van der Waals surface area contributed by atoms with E-state index in [1.807, 2.05) is 6.08 Å². The smallest absolute Gasteiger partial charge is 0.220 e. The van der Waals surface area contributed by atoms with E-state index < -0.39 is 86.8 Å². The Morgan fingerprint density at radius 2 is 0.674 bits per heavy atom. The topological polar surface area (TPSA) is 228 Å². The van der Waals surface area contributed by atoms with Crippen molar-refractivity contribution in [3.05, 3.63) is 36.5 Å². The quantitative estimate of drug-likeness (QED) is 0.0204. The normalized spacial score (nSPS) is 22.5. The van der Waals surface area contributed by atoms with Gasteiger partial charge in [0.2, 0.25) is 5.91 Å². The first-order valence-corrected chi connectivity index (χ1v) is 40.7. The van der Waals surface area contributed by atoms with Crippen LogP contribution < -0.4 is 5.32 Å². The molecule has 2 aliphatic heterocycles. The van der Waals surface area contributed by atoms with Gasteiger partial charge in [0.15, 0.2) is 12.6 Å². The third-order valence-corrected chi connectivity index (χ3v) is 20.1. The molecule has 0 radical (unpaired) electrons. The molecule has 95 heavy (non-hydrogen) atoms. The number of amides is 1. The molecule has 0 aromatic rings. The van der Waals surface area contributed by atoms with Gasteiger partial charge in [-0.2, -0.15) is 0 Å². The summed E-state index contributed by atoms with van der Waals surface area (Å²) in [6.07, 6.45) is 69.6. The van der Waals surface area contributed by atoms with Crippen molar-refractivity contribution in [1.82, 2.24) is 5.32 Å². The number of allylic oxidation sites excluding steroid dienone is 5. The lowest BCUT2D eigenvalue weighted by Gasteiger charge is -2.46. The molecule has 2 aliphatic rings. The van der Waals surface area contributed by atoms with Gasteiger partial charge in [0.05, 0.1) is 32.0 Å². The second kappa shape index (κ2) is 65.5. The molecular weight excluding hydrogens is 1190 g/mol. The molecule has 2 fully saturated rings. The third-order valence-electron chi connectivity index (χ3n) is 20.1. The maximum Gasteiger partial charge on any atom is 0.220 e. The lowest BCUT2D eigenvalue weighted by atomic mass is 9.97. The third kappa shape index (κ3) is 48.6. The van der Waals surface area contributed by atoms with Crippen LogP contribution in [-0.2, 0) is 23.7 Å². The van der Waals surface area contributed by atoms with E-state index in [0.717, 1.165) is 44.9 Å². The predicted molar refractivity (Wildman–Crippen MR) is 392 cm³/mol. The van der Waals surface area contributed by atoms with Crippen molar-refractivity contribution >= 4 is 5.91 Å². The van der Waals surface area contributed by atoms with E-state index in [-0.39, 0.29) is 18.9 Å². The molecule has 0 aromatic heterocycles. The molecule has 2 rings (SSSR count). The summed E-state index contributed by atoms with van der Waals surface area (Å²) in [6.45, 7) is 2.84. The van der Waals surface area contributed by atoms with Crippen LogP contribution in [0.2, 0.25) is 0 Å². The summed E-state index contributed by atoms with van der Waals surface area (Å²) in [5.41, 5.74) is 0. The van der Waals surface area contributed by atoms with Crippen LogP contribution in [0.25, 0.3) is 0 Å². The number of unbranched alkanes of at least 4 members (excludes halogenated alkanes) is 52. The Kier molecular flexibility index (Phi) is 61.6. The van der Waals surface area contributed by atoms with E-state index >= 15 is 0 Å². The second-order valence-electron chi connectivity index (χ2n) is 28.9. The van der Waals surface area contributed by atoms with E-state index in [1.54, 1.807) is 6.08 Å². The fourth-order valence-electron chi connectivity index (χ4n) is 13.6. The summed E-state index contributed by atoms with van der Waals surface area (Å²) >= 11 is 0. The van der Waals surface area contributed by atoms with Crippen molar-refractivity contribution in [2.24, 2.45) is 0 Å². The molecule has 0 aromatic carbocycles. The molecule has 0 saturated carbocycles. The van der Waals surface area contributed by atoms with Crippen molar-refractivity contribution in [2.45, 2.75) is 453 Å².